The number of aliphatic imine (C=N–C) groups is 1. The number of nitrogens with two attached hydrogens (primary N) is 1. The number of hydrogen-bond acceptors (Lipinski definition) is 5. The molecular formula is C14H26IN7. The van der Waals surface area contributed by atoms with Gasteiger partial charge in [-0.25, -0.2) is 9.97 Å². The summed E-state index contributed by atoms with van der Waals surface area (Å²) >= 11 is 0. The van der Waals surface area contributed by atoms with Crippen molar-refractivity contribution in [3.8, 4) is 0 Å². The second kappa shape index (κ2) is 10.5. The van der Waals surface area contributed by atoms with E-state index < -0.39 is 0 Å². The van der Waals surface area contributed by atoms with Gasteiger partial charge in [0, 0.05) is 58.2 Å². The first kappa shape index (κ1) is 18.9. The van der Waals surface area contributed by atoms with Gasteiger partial charge in [-0.2, -0.15) is 0 Å². The van der Waals surface area contributed by atoms with Crippen molar-refractivity contribution in [3.05, 3.63) is 18.5 Å². The third-order valence-corrected chi connectivity index (χ3v) is 3.45. The van der Waals surface area contributed by atoms with Gasteiger partial charge in [0.05, 0.1) is 0 Å². The number of guanidine groups is 1. The molecule has 0 atom stereocenters. The maximum Gasteiger partial charge on any atom is 0.225 e. The highest BCUT2D eigenvalue weighted by Gasteiger charge is 2.18. The van der Waals surface area contributed by atoms with E-state index in [4.69, 9.17) is 5.73 Å². The lowest BCUT2D eigenvalue weighted by atomic mass is 10.3. The molecule has 7 nitrogen and oxygen atoms in total. The fourth-order valence-electron chi connectivity index (χ4n) is 2.26. The molecule has 1 aliphatic rings. The highest BCUT2D eigenvalue weighted by molar-refractivity contribution is 14.0. The molecule has 0 amide bonds. The molecule has 0 aliphatic carbocycles. The Hall–Kier alpha value is -1.16. The van der Waals surface area contributed by atoms with Gasteiger partial charge >= 0.3 is 0 Å². The van der Waals surface area contributed by atoms with Crippen molar-refractivity contribution in [3.63, 3.8) is 0 Å². The lowest BCUT2D eigenvalue weighted by Crippen LogP contribution is -2.49. The van der Waals surface area contributed by atoms with Crippen LogP contribution in [0.3, 0.4) is 0 Å². The number of piperazine rings is 1. The molecule has 2 heterocycles. The Balaban J connectivity index is 0.00000242. The summed E-state index contributed by atoms with van der Waals surface area (Å²) in [6.45, 7) is 8.65. The van der Waals surface area contributed by atoms with Crippen LogP contribution in [0.25, 0.3) is 0 Å². The van der Waals surface area contributed by atoms with Gasteiger partial charge in [0.15, 0.2) is 5.96 Å². The van der Waals surface area contributed by atoms with Crippen LogP contribution in [0.1, 0.15) is 13.3 Å². The Kier molecular flexibility index (Phi) is 9.05. The summed E-state index contributed by atoms with van der Waals surface area (Å²) in [5.41, 5.74) is 5.77. The van der Waals surface area contributed by atoms with Gasteiger partial charge in [0.2, 0.25) is 5.95 Å². The van der Waals surface area contributed by atoms with Crippen molar-refractivity contribution in [2.75, 3.05) is 50.7 Å². The van der Waals surface area contributed by atoms with Crippen LogP contribution >= 0.6 is 24.0 Å². The number of rotatable bonds is 6. The Bertz CT molecular complexity index is 432. The highest BCUT2D eigenvalue weighted by atomic mass is 127. The normalized spacial score (nSPS) is 16.2. The molecule has 0 radical (unpaired) electrons. The highest BCUT2D eigenvalue weighted by Crippen LogP contribution is 2.08. The summed E-state index contributed by atoms with van der Waals surface area (Å²) in [5.74, 6) is 1.37. The molecule has 1 saturated heterocycles. The molecule has 0 bridgehead atoms. The number of anilines is 1. The van der Waals surface area contributed by atoms with Gasteiger partial charge in [-0.15, -0.1) is 24.0 Å². The summed E-state index contributed by atoms with van der Waals surface area (Å²) in [7, 11) is 0. The third kappa shape index (κ3) is 6.30. The molecule has 0 spiro atoms. The minimum atomic E-state index is 0. The van der Waals surface area contributed by atoms with Gasteiger partial charge in [-0.05, 0) is 12.5 Å². The van der Waals surface area contributed by atoms with Crippen LogP contribution in [0.4, 0.5) is 5.95 Å². The Morgan fingerprint density at radius 3 is 2.59 bits per heavy atom. The van der Waals surface area contributed by atoms with Crippen molar-refractivity contribution in [1.29, 1.82) is 0 Å². The number of halogens is 1. The molecule has 1 aromatic heterocycles. The molecule has 0 unspecified atom stereocenters. The Labute approximate surface area is 149 Å². The van der Waals surface area contributed by atoms with Crippen LogP contribution in [0.2, 0.25) is 0 Å². The number of nitrogens with one attached hydrogen (secondary N) is 1. The second-order valence-electron chi connectivity index (χ2n) is 5.07. The summed E-state index contributed by atoms with van der Waals surface area (Å²) in [6.07, 6.45) is 4.60. The van der Waals surface area contributed by atoms with E-state index in [0.29, 0.717) is 5.96 Å². The van der Waals surface area contributed by atoms with E-state index in [-0.39, 0.29) is 24.0 Å². The molecule has 0 aromatic carbocycles. The van der Waals surface area contributed by atoms with Gasteiger partial charge in [0.1, 0.15) is 0 Å². The minimum Gasteiger partial charge on any atom is -0.370 e. The zero-order chi connectivity index (χ0) is 14.9. The smallest absolute Gasteiger partial charge is 0.225 e. The van der Waals surface area contributed by atoms with Gasteiger partial charge in [-0.1, -0.05) is 6.92 Å². The predicted molar refractivity (Wildman–Crippen MR) is 101 cm³/mol. The molecule has 0 saturated carbocycles. The number of nitrogens with zero attached hydrogens (tertiary/aromatic N) is 5. The van der Waals surface area contributed by atoms with E-state index in [1.54, 1.807) is 12.4 Å². The van der Waals surface area contributed by atoms with Crippen molar-refractivity contribution < 1.29 is 0 Å². The zero-order valence-corrected chi connectivity index (χ0v) is 15.4. The molecule has 1 aliphatic heterocycles. The van der Waals surface area contributed by atoms with E-state index in [2.05, 4.69) is 37.0 Å². The first-order valence-electron chi connectivity index (χ1n) is 7.57. The monoisotopic (exact) mass is 419 g/mol. The van der Waals surface area contributed by atoms with Crippen LogP contribution in [0, 0.1) is 0 Å². The van der Waals surface area contributed by atoms with Crippen LogP contribution in [-0.2, 0) is 0 Å². The lowest BCUT2D eigenvalue weighted by Gasteiger charge is -2.34. The molecule has 3 N–H and O–H groups in total. The van der Waals surface area contributed by atoms with E-state index in [0.717, 1.165) is 58.2 Å². The maximum absolute atomic E-state index is 5.77. The molecule has 124 valence electrons. The lowest BCUT2D eigenvalue weighted by molar-refractivity contribution is 0.260. The average molecular weight is 419 g/mol. The molecule has 1 fully saturated rings. The number of hydrogen-bond donors (Lipinski definition) is 2. The Morgan fingerprint density at radius 1 is 1.27 bits per heavy atom. The fraction of sp³-hybridized carbons (Fsp3) is 0.643. The average Bonchev–Trinajstić information content (AvgIpc) is 2.54. The quantitative estimate of drug-likeness (QED) is 0.398. The van der Waals surface area contributed by atoms with Crippen molar-refractivity contribution in [2.24, 2.45) is 10.7 Å². The van der Waals surface area contributed by atoms with Gasteiger partial charge in [0.25, 0.3) is 0 Å². The van der Waals surface area contributed by atoms with Gasteiger partial charge < -0.3 is 16.0 Å². The Morgan fingerprint density at radius 2 is 1.95 bits per heavy atom. The standard InChI is InChI=1S/C14H25N7.HI/c1-2-4-16-13(15)17-7-8-20-9-11-21(12-10-20)14-18-5-3-6-19-14;/h3,5-6H,2,4,7-12H2,1H3,(H3,15,16,17);1H. The van der Waals surface area contributed by atoms with Crippen molar-refractivity contribution in [1.82, 2.24) is 20.2 Å². The maximum atomic E-state index is 5.77. The molecule has 1 aromatic rings. The zero-order valence-electron chi connectivity index (χ0n) is 13.1. The molecule has 22 heavy (non-hydrogen) atoms. The SMILES string of the molecule is CCCN=C(N)NCCN1CCN(c2ncccn2)CC1.I. The predicted octanol–water partition coefficient (Wildman–Crippen LogP) is 0.531. The molecular weight excluding hydrogens is 393 g/mol. The third-order valence-electron chi connectivity index (χ3n) is 3.45. The summed E-state index contributed by atoms with van der Waals surface area (Å²) in [6, 6.07) is 1.84. The second-order valence-corrected chi connectivity index (χ2v) is 5.07. The van der Waals surface area contributed by atoms with Crippen LogP contribution in [0.15, 0.2) is 23.5 Å². The molecule has 2 rings (SSSR count). The van der Waals surface area contributed by atoms with Crippen LogP contribution in [-0.4, -0.2) is 66.6 Å². The summed E-state index contributed by atoms with van der Waals surface area (Å²) < 4.78 is 0. The van der Waals surface area contributed by atoms with E-state index >= 15 is 0 Å². The first-order valence-corrected chi connectivity index (χ1v) is 7.57. The summed E-state index contributed by atoms with van der Waals surface area (Å²) in [5, 5.41) is 3.16. The molecule has 8 heteroatoms. The number of aromatic nitrogens is 2. The van der Waals surface area contributed by atoms with E-state index in [1.807, 2.05) is 6.07 Å². The van der Waals surface area contributed by atoms with E-state index in [1.165, 1.54) is 0 Å². The first-order chi connectivity index (χ1) is 10.3. The van der Waals surface area contributed by atoms with Crippen molar-refractivity contribution in [2.45, 2.75) is 13.3 Å². The summed E-state index contributed by atoms with van der Waals surface area (Å²) in [4.78, 5) is 17.4. The van der Waals surface area contributed by atoms with Crippen LogP contribution < -0.4 is 16.0 Å². The topological polar surface area (TPSA) is 82.7 Å². The van der Waals surface area contributed by atoms with E-state index in [9.17, 15) is 0 Å². The van der Waals surface area contributed by atoms with Crippen molar-refractivity contribution >= 4 is 35.9 Å². The fourth-order valence-corrected chi connectivity index (χ4v) is 2.26. The van der Waals surface area contributed by atoms with Crippen LogP contribution in [0.5, 0.6) is 0 Å². The minimum absolute atomic E-state index is 0. The van der Waals surface area contributed by atoms with Gasteiger partial charge in [-0.3, -0.25) is 9.89 Å². The largest absolute Gasteiger partial charge is 0.370 e.